The summed E-state index contributed by atoms with van der Waals surface area (Å²) in [6.45, 7) is 3.57. The minimum atomic E-state index is -0.533. The summed E-state index contributed by atoms with van der Waals surface area (Å²) in [7, 11) is 1.34. The van der Waals surface area contributed by atoms with Gasteiger partial charge >= 0.3 is 5.97 Å². The van der Waals surface area contributed by atoms with Crippen molar-refractivity contribution in [1.82, 2.24) is 0 Å². The third-order valence-corrected chi connectivity index (χ3v) is 3.41. The van der Waals surface area contributed by atoms with Gasteiger partial charge in [-0.15, -0.1) is 0 Å². The van der Waals surface area contributed by atoms with E-state index < -0.39 is 12.6 Å². The molecule has 0 saturated carbocycles. The molecule has 1 aromatic rings. The molecule has 3 heteroatoms. The molecule has 0 aliphatic carbocycles. The highest BCUT2D eigenvalue weighted by Gasteiger charge is 2.12. The monoisotopic (exact) mass is 266 g/mol. The minimum Gasteiger partial charge on any atom is -0.465 e. The van der Waals surface area contributed by atoms with E-state index in [0.717, 1.165) is 24.0 Å². The van der Waals surface area contributed by atoms with E-state index in [-0.39, 0.29) is 0 Å². The van der Waals surface area contributed by atoms with Gasteiger partial charge in [0, 0.05) is 0 Å². The zero-order chi connectivity index (χ0) is 14.3. The van der Waals surface area contributed by atoms with Gasteiger partial charge in [-0.25, -0.2) is 9.18 Å². The predicted octanol–water partition coefficient (Wildman–Crippen LogP) is 4.37. The van der Waals surface area contributed by atoms with Crippen molar-refractivity contribution >= 4 is 5.97 Å². The molecule has 0 radical (unpaired) electrons. The van der Waals surface area contributed by atoms with Crippen molar-refractivity contribution in [1.29, 1.82) is 0 Å². The third kappa shape index (κ3) is 4.34. The summed E-state index contributed by atoms with van der Waals surface area (Å²) in [5.74, 6) is -0.407. The summed E-state index contributed by atoms with van der Waals surface area (Å²) in [5.41, 5.74) is 3.08. The molecule has 1 aromatic carbocycles. The number of esters is 1. The van der Waals surface area contributed by atoms with Crippen molar-refractivity contribution in [3.8, 4) is 0 Å². The number of methoxy groups -OCH3 is 1. The van der Waals surface area contributed by atoms with Gasteiger partial charge in [-0.2, -0.15) is 0 Å². The number of aryl methyl sites for hydroxylation is 1. The van der Waals surface area contributed by atoms with E-state index in [4.69, 9.17) is 0 Å². The molecule has 0 aliphatic heterocycles. The molecule has 0 heterocycles. The van der Waals surface area contributed by atoms with Gasteiger partial charge in [-0.1, -0.05) is 26.2 Å². The lowest BCUT2D eigenvalue weighted by Gasteiger charge is -2.12. The molecule has 0 atom stereocenters. The van der Waals surface area contributed by atoms with E-state index in [1.165, 1.54) is 26.4 Å². The minimum absolute atomic E-state index is 0.407. The number of halogens is 1. The Kier molecular flexibility index (Phi) is 6.54. The number of carbonyl (C=O) groups excluding carboxylic acids is 1. The fourth-order valence-corrected chi connectivity index (χ4v) is 2.33. The second-order valence-electron chi connectivity index (χ2n) is 4.87. The lowest BCUT2D eigenvalue weighted by molar-refractivity contribution is 0.0600. The highest BCUT2D eigenvalue weighted by molar-refractivity contribution is 5.90. The van der Waals surface area contributed by atoms with E-state index in [0.29, 0.717) is 11.1 Å². The van der Waals surface area contributed by atoms with Crippen LogP contribution in [0, 0.1) is 6.92 Å². The van der Waals surface area contributed by atoms with Crippen LogP contribution in [-0.2, 0) is 17.8 Å². The Morgan fingerprint density at radius 2 is 2.00 bits per heavy atom. The van der Waals surface area contributed by atoms with Crippen LogP contribution in [0.4, 0.5) is 4.39 Å². The van der Waals surface area contributed by atoms with Gasteiger partial charge in [0.15, 0.2) is 0 Å². The van der Waals surface area contributed by atoms with Crippen LogP contribution in [0.3, 0.4) is 0 Å². The Morgan fingerprint density at radius 1 is 1.26 bits per heavy atom. The summed E-state index contributed by atoms with van der Waals surface area (Å²) in [6.07, 6.45) is 5.52. The summed E-state index contributed by atoms with van der Waals surface area (Å²) >= 11 is 0. The molecule has 0 unspecified atom stereocenters. The van der Waals surface area contributed by atoms with E-state index >= 15 is 0 Å². The topological polar surface area (TPSA) is 26.3 Å². The second-order valence-corrected chi connectivity index (χ2v) is 4.87. The Morgan fingerprint density at radius 3 is 2.58 bits per heavy atom. The van der Waals surface area contributed by atoms with Crippen LogP contribution in [-0.4, -0.2) is 13.1 Å². The van der Waals surface area contributed by atoms with Crippen molar-refractivity contribution in [2.45, 2.75) is 52.6 Å². The van der Waals surface area contributed by atoms with Gasteiger partial charge in [-0.3, -0.25) is 0 Å². The molecular weight excluding hydrogens is 243 g/mol. The highest BCUT2D eigenvalue weighted by atomic mass is 19.1. The summed E-state index contributed by atoms with van der Waals surface area (Å²) < 4.78 is 17.8. The molecule has 0 amide bonds. The highest BCUT2D eigenvalue weighted by Crippen LogP contribution is 2.21. The van der Waals surface area contributed by atoms with Crippen LogP contribution < -0.4 is 0 Å². The fraction of sp³-hybridized carbons (Fsp3) is 0.562. The van der Waals surface area contributed by atoms with E-state index in [2.05, 4.69) is 11.7 Å². The van der Waals surface area contributed by atoms with Crippen LogP contribution in [0.1, 0.15) is 59.7 Å². The first-order chi connectivity index (χ1) is 9.13. The van der Waals surface area contributed by atoms with Crippen molar-refractivity contribution < 1.29 is 13.9 Å². The number of hydrogen-bond acceptors (Lipinski definition) is 2. The Hall–Kier alpha value is -1.38. The maximum atomic E-state index is 13.1. The first-order valence-electron chi connectivity index (χ1n) is 6.90. The molecule has 2 nitrogen and oxygen atoms in total. The standard InChI is InChI=1S/C16H23FO2/c1-4-5-6-7-8-15-12(2)9-13(16(18)19-3)10-14(15)11-17/h9-10H,4-8,11H2,1-3H3. The number of unbranched alkanes of at least 4 members (excludes halogenated alkanes) is 3. The largest absolute Gasteiger partial charge is 0.465 e. The average molecular weight is 266 g/mol. The van der Waals surface area contributed by atoms with Gasteiger partial charge in [0.2, 0.25) is 0 Å². The van der Waals surface area contributed by atoms with Crippen molar-refractivity contribution in [2.75, 3.05) is 7.11 Å². The van der Waals surface area contributed by atoms with Crippen LogP contribution in [0.5, 0.6) is 0 Å². The third-order valence-electron chi connectivity index (χ3n) is 3.41. The number of ether oxygens (including phenoxy) is 1. The van der Waals surface area contributed by atoms with Gasteiger partial charge in [-0.05, 0) is 48.6 Å². The first kappa shape index (κ1) is 15.7. The van der Waals surface area contributed by atoms with Crippen molar-refractivity contribution in [3.05, 3.63) is 34.4 Å². The Bertz CT molecular complexity index is 427. The number of hydrogen-bond donors (Lipinski definition) is 0. The average Bonchev–Trinajstić information content (AvgIpc) is 2.43. The van der Waals surface area contributed by atoms with Crippen LogP contribution in [0.2, 0.25) is 0 Å². The molecule has 0 N–H and O–H groups in total. The van der Waals surface area contributed by atoms with Crippen LogP contribution in [0.25, 0.3) is 0 Å². The smallest absolute Gasteiger partial charge is 0.337 e. The molecule has 0 saturated heterocycles. The Labute approximate surface area is 115 Å². The molecule has 19 heavy (non-hydrogen) atoms. The lowest BCUT2D eigenvalue weighted by atomic mass is 9.94. The molecule has 106 valence electrons. The molecule has 0 spiro atoms. The lowest BCUT2D eigenvalue weighted by Crippen LogP contribution is -2.06. The molecule has 0 aromatic heterocycles. The first-order valence-corrected chi connectivity index (χ1v) is 6.90. The van der Waals surface area contributed by atoms with E-state index in [1.807, 2.05) is 6.92 Å². The van der Waals surface area contributed by atoms with Gasteiger partial charge in [0.25, 0.3) is 0 Å². The quantitative estimate of drug-likeness (QED) is 0.541. The van der Waals surface area contributed by atoms with Crippen molar-refractivity contribution in [3.63, 3.8) is 0 Å². The van der Waals surface area contributed by atoms with Crippen LogP contribution >= 0.6 is 0 Å². The van der Waals surface area contributed by atoms with E-state index in [9.17, 15) is 9.18 Å². The van der Waals surface area contributed by atoms with Crippen LogP contribution in [0.15, 0.2) is 12.1 Å². The molecule has 0 aliphatic rings. The molecule has 1 rings (SSSR count). The second kappa shape index (κ2) is 7.93. The predicted molar refractivity (Wildman–Crippen MR) is 75.2 cm³/mol. The zero-order valence-corrected chi connectivity index (χ0v) is 12.1. The maximum absolute atomic E-state index is 13.1. The molecular formula is C16H23FO2. The van der Waals surface area contributed by atoms with Gasteiger partial charge in [0.1, 0.15) is 6.67 Å². The summed E-state index contributed by atoms with van der Waals surface area (Å²) in [4.78, 5) is 11.5. The number of carbonyl (C=O) groups is 1. The van der Waals surface area contributed by atoms with Gasteiger partial charge < -0.3 is 4.74 Å². The maximum Gasteiger partial charge on any atom is 0.337 e. The number of alkyl halides is 1. The Balaban J connectivity index is 2.88. The van der Waals surface area contributed by atoms with Gasteiger partial charge in [0.05, 0.1) is 12.7 Å². The number of benzene rings is 1. The molecule has 0 bridgehead atoms. The SMILES string of the molecule is CCCCCCc1c(C)cc(C(=O)OC)cc1CF. The molecule has 0 fully saturated rings. The van der Waals surface area contributed by atoms with Crippen molar-refractivity contribution in [2.24, 2.45) is 0 Å². The normalized spacial score (nSPS) is 10.5. The summed E-state index contributed by atoms with van der Waals surface area (Å²) in [5, 5.41) is 0. The number of rotatable bonds is 7. The van der Waals surface area contributed by atoms with E-state index in [1.54, 1.807) is 12.1 Å². The fourth-order valence-electron chi connectivity index (χ4n) is 2.33. The summed E-state index contributed by atoms with van der Waals surface area (Å²) in [6, 6.07) is 3.41. The zero-order valence-electron chi connectivity index (χ0n) is 12.1.